The maximum absolute atomic E-state index is 11.9. The molecule has 0 aliphatic heterocycles. The van der Waals surface area contributed by atoms with Crippen molar-refractivity contribution in [3.63, 3.8) is 0 Å². The molecule has 2 aromatic rings. The van der Waals surface area contributed by atoms with Gasteiger partial charge in [-0.15, -0.1) is 0 Å². The number of anilines is 1. The Bertz CT molecular complexity index is 549. The highest BCUT2D eigenvalue weighted by atomic mass is 16.5. The number of benzene rings is 1. The number of methoxy groups -OCH3 is 1. The lowest BCUT2D eigenvalue weighted by Gasteiger charge is -2.04. The minimum absolute atomic E-state index is 0.235. The Morgan fingerprint density at radius 3 is 2.79 bits per heavy atom. The van der Waals surface area contributed by atoms with E-state index >= 15 is 0 Å². The van der Waals surface area contributed by atoms with Crippen LogP contribution < -0.4 is 15.8 Å². The van der Waals surface area contributed by atoms with E-state index in [9.17, 15) is 4.79 Å². The summed E-state index contributed by atoms with van der Waals surface area (Å²) in [7, 11) is 1.59. The molecule has 3 N–H and O–H groups in total. The lowest BCUT2D eigenvalue weighted by molar-refractivity contribution is 0.102. The molecule has 6 heteroatoms. The van der Waals surface area contributed by atoms with Crippen molar-refractivity contribution in [2.24, 2.45) is 5.73 Å². The van der Waals surface area contributed by atoms with Crippen LogP contribution in [0.25, 0.3) is 0 Å². The first-order valence-electron chi connectivity index (χ1n) is 5.83. The standard InChI is InChI=1S/C13H15N3O3/c1-18-10-4-2-9(3-5-10)15-13(17)11-8-19-12(16-11)6-7-14/h2-5,8H,6-7,14H2,1H3,(H,15,17). The smallest absolute Gasteiger partial charge is 0.277 e. The normalized spacial score (nSPS) is 10.2. The van der Waals surface area contributed by atoms with Gasteiger partial charge in [-0.1, -0.05) is 0 Å². The zero-order chi connectivity index (χ0) is 13.7. The predicted molar refractivity (Wildman–Crippen MR) is 70.2 cm³/mol. The van der Waals surface area contributed by atoms with Crippen molar-refractivity contribution in [1.82, 2.24) is 4.98 Å². The number of carbonyl (C=O) groups is 1. The van der Waals surface area contributed by atoms with Crippen LogP contribution in [-0.4, -0.2) is 24.5 Å². The minimum Gasteiger partial charge on any atom is -0.497 e. The van der Waals surface area contributed by atoms with Crippen molar-refractivity contribution in [2.75, 3.05) is 19.0 Å². The molecule has 0 fully saturated rings. The summed E-state index contributed by atoms with van der Waals surface area (Å²) in [6.45, 7) is 0.431. The number of ether oxygens (including phenoxy) is 1. The van der Waals surface area contributed by atoms with Crippen molar-refractivity contribution >= 4 is 11.6 Å². The van der Waals surface area contributed by atoms with Crippen LogP contribution >= 0.6 is 0 Å². The molecule has 1 amide bonds. The lowest BCUT2D eigenvalue weighted by Crippen LogP contribution is -2.12. The first kappa shape index (κ1) is 13.1. The molecule has 1 heterocycles. The van der Waals surface area contributed by atoms with Gasteiger partial charge in [-0.25, -0.2) is 4.98 Å². The molecule has 100 valence electrons. The number of hydrogen-bond donors (Lipinski definition) is 2. The highest BCUT2D eigenvalue weighted by molar-refractivity contribution is 6.02. The molecule has 6 nitrogen and oxygen atoms in total. The number of oxazole rings is 1. The third-order valence-corrected chi connectivity index (χ3v) is 2.49. The van der Waals surface area contributed by atoms with Gasteiger partial charge in [0.1, 0.15) is 12.0 Å². The van der Waals surface area contributed by atoms with E-state index < -0.39 is 0 Å². The van der Waals surface area contributed by atoms with Crippen LogP contribution in [-0.2, 0) is 6.42 Å². The van der Waals surface area contributed by atoms with E-state index in [-0.39, 0.29) is 11.6 Å². The molecule has 0 aliphatic rings. The van der Waals surface area contributed by atoms with Gasteiger partial charge in [-0.2, -0.15) is 0 Å². The SMILES string of the molecule is COc1ccc(NC(=O)c2coc(CCN)n2)cc1. The van der Waals surface area contributed by atoms with Gasteiger partial charge >= 0.3 is 0 Å². The number of nitrogens with two attached hydrogens (primary N) is 1. The monoisotopic (exact) mass is 261 g/mol. The second-order valence-corrected chi connectivity index (χ2v) is 3.85. The molecule has 1 aromatic heterocycles. The summed E-state index contributed by atoms with van der Waals surface area (Å²) in [4.78, 5) is 15.9. The molecule has 0 spiro atoms. The van der Waals surface area contributed by atoms with Crippen molar-refractivity contribution < 1.29 is 13.9 Å². The van der Waals surface area contributed by atoms with E-state index in [0.717, 1.165) is 5.75 Å². The van der Waals surface area contributed by atoms with Crippen LogP contribution in [0.2, 0.25) is 0 Å². The van der Waals surface area contributed by atoms with Crippen LogP contribution in [0.15, 0.2) is 34.9 Å². The fourth-order valence-electron chi connectivity index (χ4n) is 1.52. The Morgan fingerprint density at radius 2 is 2.16 bits per heavy atom. The highest BCUT2D eigenvalue weighted by Crippen LogP contribution is 2.15. The molecule has 19 heavy (non-hydrogen) atoms. The van der Waals surface area contributed by atoms with E-state index in [2.05, 4.69) is 10.3 Å². The summed E-state index contributed by atoms with van der Waals surface area (Å²) in [6.07, 6.45) is 1.83. The number of nitrogens with one attached hydrogen (secondary N) is 1. The molecule has 0 bridgehead atoms. The maximum atomic E-state index is 11.9. The average Bonchev–Trinajstić information content (AvgIpc) is 2.89. The van der Waals surface area contributed by atoms with Gasteiger partial charge < -0.3 is 20.2 Å². The number of amides is 1. The average molecular weight is 261 g/mol. The molecule has 0 saturated carbocycles. The number of rotatable bonds is 5. The van der Waals surface area contributed by atoms with Gasteiger partial charge in [0.05, 0.1) is 7.11 Å². The highest BCUT2D eigenvalue weighted by Gasteiger charge is 2.12. The molecule has 2 rings (SSSR count). The van der Waals surface area contributed by atoms with Gasteiger partial charge in [-0.05, 0) is 24.3 Å². The Labute approximate surface area is 110 Å². The summed E-state index contributed by atoms with van der Waals surface area (Å²) in [5, 5.41) is 2.72. The summed E-state index contributed by atoms with van der Waals surface area (Å²) in [5.41, 5.74) is 6.28. The Kier molecular flexibility index (Phi) is 4.15. The third kappa shape index (κ3) is 3.32. The van der Waals surface area contributed by atoms with Gasteiger partial charge in [0.2, 0.25) is 0 Å². The van der Waals surface area contributed by atoms with Crippen LogP contribution in [0.1, 0.15) is 16.4 Å². The number of carbonyl (C=O) groups excluding carboxylic acids is 1. The van der Waals surface area contributed by atoms with E-state index in [0.29, 0.717) is 24.5 Å². The Morgan fingerprint density at radius 1 is 1.42 bits per heavy atom. The van der Waals surface area contributed by atoms with Crippen LogP contribution in [0.5, 0.6) is 5.75 Å². The first-order valence-corrected chi connectivity index (χ1v) is 5.83. The van der Waals surface area contributed by atoms with Crippen LogP contribution in [0, 0.1) is 0 Å². The predicted octanol–water partition coefficient (Wildman–Crippen LogP) is 1.44. The van der Waals surface area contributed by atoms with Crippen LogP contribution in [0.4, 0.5) is 5.69 Å². The van der Waals surface area contributed by atoms with E-state index in [1.807, 2.05) is 0 Å². The number of hydrogen-bond acceptors (Lipinski definition) is 5. The number of nitrogens with zero attached hydrogens (tertiary/aromatic N) is 1. The minimum atomic E-state index is -0.322. The Balaban J connectivity index is 2.02. The maximum Gasteiger partial charge on any atom is 0.277 e. The summed E-state index contributed by atoms with van der Waals surface area (Å²) >= 11 is 0. The first-order chi connectivity index (χ1) is 9.22. The Hall–Kier alpha value is -2.34. The summed E-state index contributed by atoms with van der Waals surface area (Å²) in [5.74, 6) is 0.865. The van der Waals surface area contributed by atoms with Gasteiger partial charge in [0, 0.05) is 18.7 Å². The molecular formula is C13H15N3O3. The van der Waals surface area contributed by atoms with Gasteiger partial charge in [-0.3, -0.25) is 4.79 Å². The van der Waals surface area contributed by atoms with Crippen molar-refractivity contribution in [3.8, 4) is 5.75 Å². The molecule has 0 aliphatic carbocycles. The summed E-state index contributed by atoms with van der Waals surface area (Å²) in [6, 6.07) is 7.02. The molecule has 1 aromatic carbocycles. The number of aromatic nitrogens is 1. The largest absolute Gasteiger partial charge is 0.497 e. The molecule has 0 saturated heterocycles. The zero-order valence-corrected chi connectivity index (χ0v) is 10.6. The van der Waals surface area contributed by atoms with Gasteiger partial charge in [0.25, 0.3) is 5.91 Å². The van der Waals surface area contributed by atoms with Gasteiger partial charge in [0.15, 0.2) is 11.6 Å². The fourth-order valence-corrected chi connectivity index (χ4v) is 1.52. The second-order valence-electron chi connectivity index (χ2n) is 3.85. The lowest BCUT2D eigenvalue weighted by atomic mass is 10.3. The topological polar surface area (TPSA) is 90.4 Å². The second kappa shape index (κ2) is 6.01. The van der Waals surface area contributed by atoms with E-state index in [4.69, 9.17) is 14.9 Å². The fraction of sp³-hybridized carbons (Fsp3) is 0.231. The van der Waals surface area contributed by atoms with Crippen molar-refractivity contribution in [3.05, 3.63) is 42.1 Å². The summed E-state index contributed by atoms with van der Waals surface area (Å²) < 4.78 is 10.2. The molecule has 0 radical (unpaired) electrons. The quantitative estimate of drug-likeness (QED) is 0.849. The van der Waals surface area contributed by atoms with E-state index in [1.54, 1.807) is 31.4 Å². The van der Waals surface area contributed by atoms with Crippen molar-refractivity contribution in [2.45, 2.75) is 6.42 Å². The molecular weight excluding hydrogens is 246 g/mol. The van der Waals surface area contributed by atoms with Crippen molar-refractivity contribution in [1.29, 1.82) is 0 Å². The third-order valence-electron chi connectivity index (χ3n) is 2.49. The van der Waals surface area contributed by atoms with Crippen LogP contribution in [0.3, 0.4) is 0 Å². The molecule has 0 unspecified atom stereocenters. The molecule has 0 atom stereocenters. The van der Waals surface area contributed by atoms with E-state index in [1.165, 1.54) is 6.26 Å². The zero-order valence-electron chi connectivity index (χ0n) is 10.6.